The Hall–Kier alpha value is -1.84. The molecule has 0 bridgehead atoms. The molecule has 2 amide bonds. The Morgan fingerprint density at radius 1 is 1.04 bits per heavy atom. The second kappa shape index (κ2) is 8.70. The molecule has 1 N–H and O–H groups in total. The first-order chi connectivity index (χ1) is 11.1. The second-order valence-electron chi connectivity index (χ2n) is 6.65. The number of likely N-dealkylation sites (tertiary alicyclic amines) is 1. The molecular formula is C19H28N2O2. The Balaban J connectivity index is 1.74. The van der Waals surface area contributed by atoms with Gasteiger partial charge in [-0.05, 0) is 37.7 Å². The monoisotopic (exact) mass is 316 g/mol. The number of nitrogens with one attached hydrogen (secondary N) is 1. The van der Waals surface area contributed by atoms with Crippen molar-refractivity contribution < 1.29 is 9.59 Å². The van der Waals surface area contributed by atoms with E-state index in [-0.39, 0.29) is 23.8 Å². The molecule has 1 heterocycles. The first-order valence-corrected chi connectivity index (χ1v) is 8.68. The fourth-order valence-corrected chi connectivity index (χ4v) is 3.08. The first kappa shape index (κ1) is 17.5. The van der Waals surface area contributed by atoms with E-state index in [0.29, 0.717) is 12.8 Å². The van der Waals surface area contributed by atoms with E-state index < -0.39 is 0 Å². The normalized spacial score (nSPS) is 17.4. The zero-order valence-electron chi connectivity index (χ0n) is 14.3. The summed E-state index contributed by atoms with van der Waals surface area (Å²) in [6, 6.07) is 9.92. The van der Waals surface area contributed by atoms with Gasteiger partial charge in [0.05, 0.1) is 6.04 Å². The summed E-state index contributed by atoms with van der Waals surface area (Å²) in [6.07, 6.45) is 4.30. The van der Waals surface area contributed by atoms with Crippen molar-refractivity contribution in [3.8, 4) is 0 Å². The zero-order valence-corrected chi connectivity index (χ0v) is 14.3. The standard InChI is InChI=1S/C19H28N2O2/c1-15(14-19(23)21-11-7-4-8-12-21)13-18(22)20-16(2)17-9-5-3-6-10-17/h3,5-6,9-10,15-16H,4,7-8,11-14H2,1-2H3,(H,20,22)/t15-,16-/m1/s1. The van der Waals surface area contributed by atoms with Crippen LogP contribution in [-0.4, -0.2) is 29.8 Å². The Bertz CT molecular complexity index is 509. The highest BCUT2D eigenvalue weighted by molar-refractivity contribution is 5.79. The van der Waals surface area contributed by atoms with Crippen LogP contribution >= 0.6 is 0 Å². The summed E-state index contributed by atoms with van der Waals surface area (Å²) in [4.78, 5) is 26.3. The van der Waals surface area contributed by atoms with E-state index in [2.05, 4.69) is 5.32 Å². The zero-order chi connectivity index (χ0) is 16.7. The molecule has 126 valence electrons. The van der Waals surface area contributed by atoms with Crippen LogP contribution < -0.4 is 5.32 Å². The minimum Gasteiger partial charge on any atom is -0.350 e. The number of carbonyl (C=O) groups is 2. The number of nitrogens with zero attached hydrogens (tertiary/aromatic N) is 1. The van der Waals surface area contributed by atoms with Gasteiger partial charge in [-0.25, -0.2) is 0 Å². The summed E-state index contributed by atoms with van der Waals surface area (Å²) in [5, 5.41) is 3.02. The van der Waals surface area contributed by atoms with E-state index >= 15 is 0 Å². The molecule has 1 fully saturated rings. The molecule has 1 saturated heterocycles. The molecule has 0 saturated carbocycles. The number of hydrogen-bond acceptors (Lipinski definition) is 2. The van der Waals surface area contributed by atoms with Crippen molar-refractivity contribution in [3.05, 3.63) is 35.9 Å². The van der Waals surface area contributed by atoms with Crippen LogP contribution in [0.2, 0.25) is 0 Å². The maximum Gasteiger partial charge on any atom is 0.222 e. The molecular weight excluding hydrogens is 288 g/mol. The summed E-state index contributed by atoms with van der Waals surface area (Å²) >= 11 is 0. The number of rotatable bonds is 6. The van der Waals surface area contributed by atoms with Gasteiger partial charge >= 0.3 is 0 Å². The van der Waals surface area contributed by atoms with Crippen LogP contribution in [0.5, 0.6) is 0 Å². The number of benzene rings is 1. The lowest BCUT2D eigenvalue weighted by atomic mass is 10.0. The first-order valence-electron chi connectivity index (χ1n) is 8.68. The van der Waals surface area contributed by atoms with E-state index in [9.17, 15) is 9.59 Å². The molecule has 0 unspecified atom stereocenters. The molecule has 2 atom stereocenters. The Kier molecular flexibility index (Phi) is 6.63. The molecule has 0 spiro atoms. The van der Waals surface area contributed by atoms with E-state index in [4.69, 9.17) is 0 Å². The highest BCUT2D eigenvalue weighted by Crippen LogP contribution is 2.16. The van der Waals surface area contributed by atoms with Crippen molar-refractivity contribution in [1.82, 2.24) is 10.2 Å². The van der Waals surface area contributed by atoms with Gasteiger partial charge in [0, 0.05) is 25.9 Å². The van der Waals surface area contributed by atoms with Crippen LogP contribution in [-0.2, 0) is 9.59 Å². The minimum atomic E-state index is -0.00584. The van der Waals surface area contributed by atoms with Gasteiger partial charge in [0.1, 0.15) is 0 Å². The van der Waals surface area contributed by atoms with Crippen molar-refractivity contribution in [2.75, 3.05) is 13.1 Å². The molecule has 1 aromatic carbocycles. The summed E-state index contributed by atoms with van der Waals surface area (Å²) in [5.41, 5.74) is 1.10. The summed E-state index contributed by atoms with van der Waals surface area (Å²) in [7, 11) is 0. The van der Waals surface area contributed by atoms with Crippen LogP contribution in [0.4, 0.5) is 0 Å². The largest absolute Gasteiger partial charge is 0.350 e. The number of amides is 2. The van der Waals surface area contributed by atoms with Gasteiger partial charge < -0.3 is 10.2 Å². The minimum absolute atomic E-state index is 0.00584. The lowest BCUT2D eigenvalue weighted by Crippen LogP contribution is -2.37. The number of piperidine rings is 1. The van der Waals surface area contributed by atoms with Crippen LogP contribution in [0.15, 0.2) is 30.3 Å². The van der Waals surface area contributed by atoms with Crippen LogP contribution in [0.25, 0.3) is 0 Å². The molecule has 0 aromatic heterocycles. The topological polar surface area (TPSA) is 49.4 Å². The third-order valence-corrected chi connectivity index (χ3v) is 4.44. The van der Waals surface area contributed by atoms with Crippen molar-refractivity contribution in [3.63, 3.8) is 0 Å². The summed E-state index contributed by atoms with van der Waals surface area (Å²) in [5.74, 6) is 0.286. The third-order valence-electron chi connectivity index (χ3n) is 4.44. The highest BCUT2D eigenvalue weighted by atomic mass is 16.2. The van der Waals surface area contributed by atoms with Gasteiger partial charge in [0.25, 0.3) is 0 Å². The molecule has 0 radical (unpaired) electrons. The van der Waals surface area contributed by atoms with Crippen molar-refractivity contribution in [2.45, 2.75) is 52.0 Å². The molecule has 0 aliphatic carbocycles. The summed E-state index contributed by atoms with van der Waals surface area (Å²) < 4.78 is 0. The second-order valence-corrected chi connectivity index (χ2v) is 6.65. The number of carbonyl (C=O) groups excluding carboxylic acids is 2. The van der Waals surface area contributed by atoms with Crippen LogP contribution in [0.1, 0.15) is 57.6 Å². The van der Waals surface area contributed by atoms with Crippen molar-refractivity contribution in [2.24, 2.45) is 5.92 Å². The maximum atomic E-state index is 12.2. The van der Waals surface area contributed by atoms with Gasteiger partial charge in [-0.2, -0.15) is 0 Å². The fraction of sp³-hybridized carbons (Fsp3) is 0.579. The summed E-state index contributed by atoms with van der Waals surface area (Å²) in [6.45, 7) is 5.72. The van der Waals surface area contributed by atoms with E-state index in [1.807, 2.05) is 49.1 Å². The Labute approximate surface area is 139 Å². The molecule has 4 heteroatoms. The highest BCUT2D eigenvalue weighted by Gasteiger charge is 2.20. The molecule has 1 aromatic rings. The fourth-order valence-electron chi connectivity index (χ4n) is 3.08. The SMILES string of the molecule is C[C@H](CC(=O)N[C@H](C)c1ccccc1)CC(=O)N1CCCCC1. The predicted molar refractivity (Wildman–Crippen MR) is 91.8 cm³/mol. The van der Waals surface area contributed by atoms with Gasteiger partial charge in [-0.1, -0.05) is 37.3 Å². The van der Waals surface area contributed by atoms with Gasteiger partial charge in [0.2, 0.25) is 11.8 Å². The van der Waals surface area contributed by atoms with Gasteiger partial charge in [0.15, 0.2) is 0 Å². The third kappa shape index (κ3) is 5.70. The molecule has 23 heavy (non-hydrogen) atoms. The van der Waals surface area contributed by atoms with Crippen molar-refractivity contribution >= 4 is 11.8 Å². The average Bonchev–Trinajstić information content (AvgIpc) is 2.56. The van der Waals surface area contributed by atoms with Crippen LogP contribution in [0, 0.1) is 5.92 Å². The average molecular weight is 316 g/mol. The maximum absolute atomic E-state index is 12.2. The predicted octanol–water partition coefficient (Wildman–Crippen LogP) is 3.29. The quantitative estimate of drug-likeness (QED) is 0.875. The van der Waals surface area contributed by atoms with E-state index in [0.717, 1.165) is 31.5 Å². The van der Waals surface area contributed by atoms with Crippen molar-refractivity contribution in [1.29, 1.82) is 0 Å². The smallest absolute Gasteiger partial charge is 0.222 e. The van der Waals surface area contributed by atoms with Gasteiger partial charge in [-0.15, -0.1) is 0 Å². The van der Waals surface area contributed by atoms with Crippen LogP contribution in [0.3, 0.4) is 0 Å². The lowest BCUT2D eigenvalue weighted by Gasteiger charge is -2.27. The molecule has 2 rings (SSSR count). The molecule has 1 aliphatic heterocycles. The van der Waals surface area contributed by atoms with E-state index in [1.54, 1.807) is 0 Å². The Morgan fingerprint density at radius 3 is 2.35 bits per heavy atom. The molecule has 4 nitrogen and oxygen atoms in total. The number of hydrogen-bond donors (Lipinski definition) is 1. The van der Waals surface area contributed by atoms with Gasteiger partial charge in [-0.3, -0.25) is 9.59 Å². The Morgan fingerprint density at radius 2 is 1.70 bits per heavy atom. The van der Waals surface area contributed by atoms with E-state index in [1.165, 1.54) is 6.42 Å². The molecule has 1 aliphatic rings. The lowest BCUT2D eigenvalue weighted by molar-refractivity contribution is -0.133.